The molecule has 5 N–H and O–H groups in total. The summed E-state index contributed by atoms with van der Waals surface area (Å²) in [4.78, 5) is 22.8. The second kappa shape index (κ2) is 7.19. The van der Waals surface area contributed by atoms with Crippen molar-refractivity contribution >= 4 is 17.6 Å². The Bertz CT molecular complexity index is 495. The van der Waals surface area contributed by atoms with Gasteiger partial charge in [-0.25, -0.2) is 0 Å². The maximum absolute atomic E-state index is 12.1. The Hall–Kier alpha value is -1.92. The summed E-state index contributed by atoms with van der Waals surface area (Å²) in [7, 11) is 0. The number of nitrogens with two attached hydrogens (primary N) is 1. The van der Waals surface area contributed by atoms with Crippen molar-refractivity contribution < 1.29 is 14.7 Å². The Balaban J connectivity index is 1.89. The van der Waals surface area contributed by atoms with Gasteiger partial charge in [-0.1, -0.05) is 12.1 Å². The first kappa shape index (κ1) is 15.5. The molecule has 0 radical (unpaired) electrons. The summed E-state index contributed by atoms with van der Waals surface area (Å²) < 4.78 is 0. The minimum Gasteiger partial charge on any atom is -0.480 e. The normalized spacial score (nSPS) is 19.8. The Morgan fingerprint density at radius 2 is 2.10 bits per heavy atom. The molecule has 2 rings (SSSR count). The van der Waals surface area contributed by atoms with Crippen molar-refractivity contribution in [2.45, 2.75) is 25.3 Å². The predicted octanol–water partition coefficient (Wildman–Crippen LogP) is 0.579. The SMILES string of the molecule is N[C@@H](Cc1ccc(NC(=O)C2CCCNC2)cc1)C(=O)O. The molecule has 1 aliphatic heterocycles. The molecule has 1 aliphatic rings. The molecule has 0 aliphatic carbocycles. The number of anilines is 1. The van der Waals surface area contributed by atoms with Crippen molar-refractivity contribution in [3.05, 3.63) is 29.8 Å². The second-order valence-corrected chi connectivity index (χ2v) is 5.38. The van der Waals surface area contributed by atoms with Crippen LogP contribution in [0.5, 0.6) is 0 Å². The molecule has 0 spiro atoms. The van der Waals surface area contributed by atoms with E-state index in [4.69, 9.17) is 10.8 Å². The van der Waals surface area contributed by atoms with Crippen LogP contribution in [-0.4, -0.2) is 36.1 Å². The van der Waals surface area contributed by atoms with Gasteiger partial charge in [-0.2, -0.15) is 0 Å². The van der Waals surface area contributed by atoms with Crippen molar-refractivity contribution in [3.8, 4) is 0 Å². The summed E-state index contributed by atoms with van der Waals surface area (Å²) in [5.74, 6) is -0.978. The molecule has 1 aromatic rings. The van der Waals surface area contributed by atoms with Gasteiger partial charge >= 0.3 is 5.97 Å². The minimum atomic E-state index is -1.02. The highest BCUT2D eigenvalue weighted by Gasteiger charge is 2.20. The summed E-state index contributed by atoms with van der Waals surface area (Å²) in [6.45, 7) is 1.69. The number of aliphatic carboxylic acids is 1. The molecular formula is C15H21N3O3. The van der Waals surface area contributed by atoms with Crippen LogP contribution in [0.15, 0.2) is 24.3 Å². The zero-order valence-corrected chi connectivity index (χ0v) is 11.8. The third kappa shape index (κ3) is 4.54. The highest BCUT2D eigenvalue weighted by Crippen LogP contribution is 2.15. The molecule has 0 aromatic heterocycles. The first-order chi connectivity index (χ1) is 10.1. The Morgan fingerprint density at radius 3 is 2.67 bits per heavy atom. The van der Waals surface area contributed by atoms with Gasteiger partial charge in [-0.05, 0) is 43.5 Å². The topological polar surface area (TPSA) is 104 Å². The van der Waals surface area contributed by atoms with E-state index in [1.54, 1.807) is 24.3 Å². The largest absolute Gasteiger partial charge is 0.480 e. The molecule has 2 atom stereocenters. The standard InChI is InChI=1S/C15H21N3O3/c16-13(15(20)21)8-10-3-5-12(6-4-10)18-14(19)11-2-1-7-17-9-11/h3-6,11,13,17H,1-2,7-9,16H2,(H,18,19)(H,20,21)/t11?,13-/m0/s1. The number of carbonyl (C=O) groups excluding carboxylic acids is 1. The average molecular weight is 291 g/mol. The van der Waals surface area contributed by atoms with Crippen molar-refractivity contribution in [3.63, 3.8) is 0 Å². The smallest absolute Gasteiger partial charge is 0.320 e. The van der Waals surface area contributed by atoms with Crippen LogP contribution in [0.25, 0.3) is 0 Å². The van der Waals surface area contributed by atoms with E-state index in [-0.39, 0.29) is 18.2 Å². The molecule has 6 nitrogen and oxygen atoms in total. The predicted molar refractivity (Wildman–Crippen MR) is 80.0 cm³/mol. The molecule has 0 saturated carbocycles. The number of carbonyl (C=O) groups is 2. The molecule has 114 valence electrons. The maximum Gasteiger partial charge on any atom is 0.320 e. The van der Waals surface area contributed by atoms with E-state index in [2.05, 4.69) is 10.6 Å². The maximum atomic E-state index is 12.1. The fraction of sp³-hybridized carbons (Fsp3) is 0.467. The number of benzene rings is 1. The van der Waals surface area contributed by atoms with Gasteiger partial charge in [-0.3, -0.25) is 9.59 Å². The summed E-state index contributed by atoms with van der Waals surface area (Å²) in [6.07, 6.45) is 2.20. The summed E-state index contributed by atoms with van der Waals surface area (Å²) >= 11 is 0. The van der Waals surface area contributed by atoms with Crippen molar-refractivity contribution in [2.75, 3.05) is 18.4 Å². The van der Waals surface area contributed by atoms with E-state index in [0.717, 1.165) is 37.2 Å². The number of amides is 1. The summed E-state index contributed by atoms with van der Waals surface area (Å²) in [6, 6.07) is 6.23. The highest BCUT2D eigenvalue weighted by molar-refractivity contribution is 5.92. The Labute approximate surface area is 123 Å². The zero-order chi connectivity index (χ0) is 15.2. The van der Waals surface area contributed by atoms with E-state index < -0.39 is 12.0 Å². The number of carboxylic acid groups (broad SMARTS) is 1. The first-order valence-corrected chi connectivity index (χ1v) is 7.15. The van der Waals surface area contributed by atoms with Crippen molar-refractivity contribution in [1.82, 2.24) is 5.32 Å². The lowest BCUT2D eigenvalue weighted by Gasteiger charge is -2.21. The molecule has 1 fully saturated rings. The Kier molecular flexibility index (Phi) is 5.30. The van der Waals surface area contributed by atoms with Gasteiger partial charge in [0.15, 0.2) is 0 Å². The number of nitrogens with one attached hydrogen (secondary N) is 2. The van der Waals surface area contributed by atoms with Crippen LogP contribution in [0.2, 0.25) is 0 Å². The van der Waals surface area contributed by atoms with Crippen molar-refractivity contribution in [2.24, 2.45) is 11.7 Å². The summed E-state index contributed by atoms with van der Waals surface area (Å²) in [5, 5.41) is 14.9. The van der Waals surface area contributed by atoms with Gasteiger partial charge in [0.1, 0.15) is 6.04 Å². The minimum absolute atomic E-state index is 0.0128. The highest BCUT2D eigenvalue weighted by atomic mass is 16.4. The Morgan fingerprint density at radius 1 is 1.38 bits per heavy atom. The first-order valence-electron chi connectivity index (χ1n) is 7.15. The fourth-order valence-corrected chi connectivity index (χ4v) is 2.39. The van der Waals surface area contributed by atoms with Crippen molar-refractivity contribution in [1.29, 1.82) is 0 Å². The van der Waals surface area contributed by atoms with E-state index >= 15 is 0 Å². The lowest BCUT2D eigenvalue weighted by atomic mass is 9.98. The number of hydrogen-bond acceptors (Lipinski definition) is 4. The zero-order valence-electron chi connectivity index (χ0n) is 11.8. The molecular weight excluding hydrogens is 270 g/mol. The van der Waals surface area contributed by atoms with Gasteiger partial charge in [-0.15, -0.1) is 0 Å². The fourth-order valence-electron chi connectivity index (χ4n) is 2.39. The molecule has 1 aromatic carbocycles. The van der Waals surface area contributed by atoms with Crippen LogP contribution < -0.4 is 16.4 Å². The van der Waals surface area contributed by atoms with E-state index in [1.807, 2.05) is 0 Å². The molecule has 1 unspecified atom stereocenters. The molecule has 6 heteroatoms. The van der Waals surface area contributed by atoms with E-state index in [1.165, 1.54) is 0 Å². The number of rotatable bonds is 5. The van der Waals surface area contributed by atoms with Crippen LogP contribution >= 0.6 is 0 Å². The second-order valence-electron chi connectivity index (χ2n) is 5.38. The number of carboxylic acids is 1. The van der Waals surface area contributed by atoms with Crippen LogP contribution in [0.1, 0.15) is 18.4 Å². The number of piperidine rings is 1. The molecule has 1 saturated heterocycles. The molecule has 1 amide bonds. The summed E-state index contributed by atoms with van der Waals surface area (Å²) in [5.41, 5.74) is 7.04. The van der Waals surface area contributed by atoms with Gasteiger partial charge < -0.3 is 21.5 Å². The lowest BCUT2D eigenvalue weighted by molar-refractivity contribution is -0.138. The van der Waals surface area contributed by atoms with Crippen LogP contribution in [0.3, 0.4) is 0 Å². The number of hydrogen-bond donors (Lipinski definition) is 4. The average Bonchev–Trinajstić information content (AvgIpc) is 2.50. The van der Waals surface area contributed by atoms with Crippen LogP contribution in [-0.2, 0) is 16.0 Å². The third-order valence-electron chi connectivity index (χ3n) is 3.66. The van der Waals surface area contributed by atoms with Gasteiger partial charge in [0.2, 0.25) is 5.91 Å². The van der Waals surface area contributed by atoms with Gasteiger partial charge in [0.25, 0.3) is 0 Å². The molecule has 0 bridgehead atoms. The van der Waals surface area contributed by atoms with Gasteiger partial charge in [0.05, 0.1) is 5.92 Å². The monoisotopic (exact) mass is 291 g/mol. The molecule has 21 heavy (non-hydrogen) atoms. The van der Waals surface area contributed by atoms with E-state index in [9.17, 15) is 9.59 Å². The lowest BCUT2D eigenvalue weighted by Crippen LogP contribution is -2.37. The third-order valence-corrected chi connectivity index (χ3v) is 3.66. The molecule has 1 heterocycles. The van der Waals surface area contributed by atoms with Crippen LogP contribution in [0.4, 0.5) is 5.69 Å². The van der Waals surface area contributed by atoms with Gasteiger partial charge in [0, 0.05) is 12.2 Å². The van der Waals surface area contributed by atoms with E-state index in [0.29, 0.717) is 0 Å². The van der Waals surface area contributed by atoms with Crippen LogP contribution in [0, 0.1) is 5.92 Å². The quantitative estimate of drug-likeness (QED) is 0.635.